The minimum atomic E-state index is -0.448. The minimum absolute atomic E-state index is 0.270. The van der Waals surface area contributed by atoms with Gasteiger partial charge in [0.05, 0.1) is 12.1 Å². The summed E-state index contributed by atoms with van der Waals surface area (Å²) in [5, 5.41) is 0. The van der Waals surface area contributed by atoms with Crippen LogP contribution in [0.3, 0.4) is 0 Å². The van der Waals surface area contributed by atoms with Crippen LogP contribution in [0.1, 0.15) is 30.0 Å². The molecule has 2 nitrogen and oxygen atoms in total. The number of ether oxygens (including phenoxy) is 1. The Morgan fingerprint density at radius 2 is 1.74 bits per heavy atom. The van der Waals surface area contributed by atoms with Crippen LogP contribution < -0.4 is 10.5 Å². The molecular weight excluding hydrogens is 241 g/mol. The number of rotatable bonds is 4. The van der Waals surface area contributed by atoms with Crippen molar-refractivity contribution >= 4 is 0 Å². The number of hydrogen-bond donors (Lipinski definition) is 1. The Bertz CT molecular complexity index is 563. The van der Waals surface area contributed by atoms with Gasteiger partial charge < -0.3 is 10.5 Å². The molecule has 0 radical (unpaired) electrons. The van der Waals surface area contributed by atoms with Crippen molar-refractivity contribution in [3.8, 4) is 5.75 Å². The molecule has 0 aliphatic heterocycles. The lowest BCUT2D eigenvalue weighted by Crippen LogP contribution is -2.13. The van der Waals surface area contributed by atoms with Crippen LogP contribution in [0.25, 0.3) is 0 Å². The minimum Gasteiger partial charge on any atom is -0.490 e. The van der Waals surface area contributed by atoms with Gasteiger partial charge in [-0.15, -0.1) is 0 Å². The first-order valence-corrected chi connectivity index (χ1v) is 6.50. The molecule has 0 aromatic heterocycles. The lowest BCUT2D eigenvalue weighted by molar-refractivity contribution is 0.303. The van der Waals surface area contributed by atoms with Crippen LogP contribution in [0.2, 0.25) is 0 Å². The van der Waals surface area contributed by atoms with E-state index in [0.717, 1.165) is 24.2 Å². The third-order valence-electron chi connectivity index (χ3n) is 3.31. The predicted molar refractivity (Wildman–Crippen MR) is 72.5 cm³/mol. The monoisotopic (exact) mass is 257 g/mol. The van der Waals surface area contributed by atoms with Crippen LogP contribution in [0, 0.1) is 5.82 Å². The van der Waals surface area contributed by atoms with Crippen LogP contribution in [0.5, 0.6) is 5.75 Å². The van der Waals surface area contributed by atoms with Gasteiger partial charge in [-0.2, -0.15) is 0 Å². The summed E-state index contributed by atoms with van der Waals surface area (Å²) in [5.74, 6) is 0.584. The second-order valence-electron chi connectivity index (χ2n) is 4.89. The maximum atomic E-state index is 13.7. The molecule has 0 spiro atoms. The van der Waals surface area contributed by atoms with E-state index in [4.69, 9.17) is 10.5 Å². The van der Waals surface area contributed by atoms with Gasteiger partial charge in [0.1, 0.15) is 11.6 Å². The molecule has 2 N–H and O–H groups in total. The third kappa shape index (κ3) is 2.76. The molecule has 3 heteroatoms. The van der Waals surface area contributed by atoms with Gasteiger partial charge in [-0.25, -0.2) is 4.39 Å². The van der Waals surface area contributed by atoms with Gasteiger partial charge in [-0.1, -0.05) is 30.3 Å². The SMILES string of the molecule is NC(c1ccc(OC2CC2)cc1)c1ccccc1F. The van der Waals surface area contributed by atoms with Gasteiger partial charge in [0.2, 0.25) is 0 Å². The van der Waals surface area contributed by atoms with Crippen molar-refractivity contribution in [2.24, 2.45) is 5.73 Å². The number of nitrogens with two attached hydrogens (primary N) is 1. The fourth-order valence-corrected chi connectivity index (χ4v) is 2.04. The van der Waals surface area contributed by atoms with Crippen LogP contribution in [0.15, 0.2) is 48.5 Å². The Kier molecular flexibility index (Phi) is 3.22. The Labute approximate surface area is 112 Å². The molecule has 0 heterocycles. The summed E-state index contributed by atoms with van der Waals surface area (Å²) in [4.78, 5) is 0. The molecule has 1 saturated carbocycles. The Balaban J connectivity index is 1.79. The average Bonchev–Trinajstić information content (AvgIpc) is 3.23. The summed E-state index contributed by atoms with van der Waals surface area (Å²) in [6, 6.07) is 13.7. The highest BCUT2D eigenvalue weighted by Gasteiger charge is 2.23. The summed E-state index contributed by atoms with van der Waals surface area (Å²) in [6.45, 7) is 0. The normalized spacial score (nSPS) is 16.1. The maximum absolute atomic E-state index is 13.7. The zero-order valence-corrected chi connectivity index (χ0v) is 10.6. The van der Waals surface area contributed by atoms with E-state index < -0.39 is 6.04 Å². The maximum Gasteiger partial charge on any atom is 0.128 e. The predicted octanol–water partition coefficient (Wildman–Crippen LogP) is 3.42. The molecule has 1 unspecified atom stereocenters. The summed E-state index contributed by atoms with van der Waals surface area (Å²) >= 11 is 0. The number of halogens is 1. The molecule has 98 valence electrons. The average molecular weight is 257 g/mol. The first-order chi connectivity index (χ1) is 9.24. The van der Waals surface area contributed by atoms with Crippen LogP contribution in [0.4, 0.5) is 4.39 Å². The second kappa shape index (κ2) is 5.02. The summed E-state index contributed by atoms with van der Waals surface area (Å²) in [7, 11) is 0. The van der Waals surface area contributed by atoms with E-state index in [2.05, 4.69) is 0 Å². The van der Waals surface area contributed by atoms with E-state index >= 15 is 0 Å². The molecule has 2 aromatic carbocycles. The van der Waals surface area contributed by atoms with Crippen molar-refractivity contribution in [2.45, 2.75) is 25.0 Å². The Hall–Kier alpha value is -1.87. The third-order valence-corrected chi connectivity index (χ3v) is 3.31. The van der Waals surface area contributed by atoms with Crippen molar-refractivity contribution in [2.75, 3.05) is 0 Å². The van der Waals surface area contributed by atoms with E-state index in [-0.39, 0.29) is 5.82 Å². The molecule has 19 heavy (non-hydrogen) atoms. The second-order valence-corrected chi connectivity index (χ2v) is 4.89. The van der Waals surface area contributed by atoms with E-state index in [0.29, 0.717) is 11.7 Å². The van der Waals surface area contributed by atoms with Gasteiger partial charge in [0.25, 0.3) is 0 Å². The molecule has 1 aliphatic carbocycles. The Morgan fingerprint density at radius 1 is 1.05 bits per heavy atom. The Morgan fingerprint density at radius 3 is 2.37 bits per heavy atom. The largest absolute Gasteiger partial charge is 0.490 e. The van der Waals surface area contributed by atoms with Gasteiger partial charge in [-0.05, 0) is 36.6 Å². The molecule has 0 amide bonds. The van der Waals surface area contributed by atoms with E-state index in [1.807, 2.05) is 24.3 Å². The lowest BCUT2D eigenvalue weighted by Gasteiger charge is -2.14. The van der Waals surface area contributed by atoms with Crippen LogP contribution >= 0.6 is 0 Å². The molecule has 0 bridgehead atoms. The molecule has 3 rings (SSSR count). The van der Waals surface area contributed by atoms with Crippen molar-refractivity contribution in [1.29, 1.82) is 0 Å². The van der Waals surface area contributed by atoms with Crippen LogP contribution in [-0.2, 0) is 0 Å². The van der Waals surface area contributed by atoms with E-state index in [9.17, 15) is 4.39 Å². The van der Waals surface area contributed by atoms with E-state index in [1.165, 1.54) is 6.07 Å². The lowest BCUT2D eigenvalue weighted by atomic mass is 9.99. The fraction of sp³-hybridized carbons (Fsp3) is 0.250. The van der Waals surface area contributed by atoms with Gasteiger partial charge in [-0.3, -0.25) is 0 Å². The molecule has 1 aliphatic rings. The molecular formula is C16H16FNO. The zero-order valence-electron chi connectivity index (χ0n) is 10.6. The van der Waals surface area contributed by atoms with Gasteiger partial charge in [0, 0.05) is 5.56 Å². The van der Waals surface area contributed by atoms with Crippen molar-refractivity contribution < 1.29 is 9.13 Å². The first-order valence-electron chi connectivity index (χ1n) is 6.50. The quantitative estimate of drug-likeness (QED) is 0.911. The zero-order chi connectivity index (χ0) is 13.2. The smallest absolute Gasteiger partial charge is 0.128 e. The topological polar surface area (TPSA) is 35.2 Å². The van der Waals surface area contributed by atoms with Crippen molar-refractivity contribution in [1.82, 2.24) is 0 Å². The highest BCUT2D eigenvalue weighted by atomic mass is 19.1. The molecule has 0 saturated heterocycles. The highest BCUT2D eigenvalue weighted by Crippen LogP contribution is 2.28. The standard InChI is InChI=1S/C16H16FNO/c17-15-4-2-1-3-14(15)16(18)11-5-7-12(8-6-11)19-13-9-10-13/h1-8,13,16H,9-10,18H2. The van der Waals surface area contributed by atoms with Crippen LogP contribution in [-0.4, -0.2) is 6.10 Å². The van der Waals surface area contributed by atoms with E-state index in [1.54, 1.807) is 18.2 Å². The molecule has 1 fully saturated rings. The fourth-order valence-electron chi connectivity index (χ4n) is 2.04. The molecule has 1 atom stereocenters. The number of hydrogen-bond acceptors (Lipinski definition) is 2. The number of benzene rings is 2. The van der Waals surface area contributed by atoms with Crippen molar-refractivity contribution in [3.63, 3.8) is 0 Å². The van der Waals surface area contributed by atoms with Gasteiger partial charge >= 0.3 is 0 Å². The van der Waals surface area contributed by atoms with Crippen molar-refractivity contribution in [3.05, 3.63) is 65.5 Å². The summed E-state index contributed by atoms with van der Waals surface area (Å²) in [5.41, 5.74) is 7.49. The summed E-state index contributed by atoms with van der Waals surface area (Å²) < 4.78 is 19.4. The summed E-state index contributed by atoms with van der Waals surface area (Å²) in [6.07, 6.45) is 2.65. The highest BCUT2D eigenvalue weighted by molar-refractivity contribution is 5.35. The van der Waals surface area contributed by atoms with Gasteiger partial charge in [0.15, 0.2) is 0 Å². The first kappa shape index (κ1) is 12.2. The molecule has 2 aromatic rings.